The Hall–Kier alpha value is -1.84. The van der Waals surface area contributed by atoms with Crippen molar-refractivity contribution < 1.29 is 9.59 Å². The summed E-state index contributed by atoms with van der Waals surface area (Å²) in [5.74, 6) is -0.748. The fraction of sp³-hybridized carbons (Fsp3) is 0.333. The van der Waals surface area contributed by atoms with E-state index >= 15 is 0 Å². The molecule has 1 heterocycles. The molecule has 1 atom stereocenters. The molecule has 1 aliphatic rings. The van der Waals surface area contributed by atoms with Crippen LogP contribution >= 0.6 is 0 Å². The van der Waals surface area contributed by atoms with Gasteiger partial charge in [-0.15, -0.1) is 0 Å². The topological polar surface area (TPSA) is 63.4 Å². The van der Waals surface area contributed by atoms with Crippen molar-refractivity contribution in [3.05, 3.63) is 30.3 Å². The normalized spacial score (nSPS) is 24.8. The molecule has 84 valence electrons. The van der Waals surface area contributed by atoms with Crippen LogP contribution in [-0.2, 0) is 9.59 Å². The van der Waals surface area contributed by atoms with E-state index in [0.717, 1.165) is 5.69 Å². The Kier molecular flexibility index (Phi) is 2.42. The van der Waals surface area contributed by atoms with Crippen LogP contribution in [0.3, 0.4) is 0 Å². The van der Waals surface area contributed by atoms with Gasteiger partial charge in [-0.3, -0.25) is 9.59 Å². The lowest BCUT2D eigenvalue weighted by molar-refractivity contribution is -0.136. The fourth-order valence-corrected chi connectivity index (χ4v) is 1.92. The van der Waals surface area contributed by atoms with Gasteiger partial charge in [-0.1, -0.05) is 18.2 Å². The predicted octanol–water partition coefficient (Wildman–Crippen LogP) is 0.915. The Morgan fingerprint density at radius 2 is 2.00 bits per heavy atom. The Morgan fingerprint density at radius 1 is 1.38 bits per heavy atom. The van der Waals surface area contributed by atoms with Gasteiger partial charge in [-0.05, 0) is 25.5 Å². The number of benzene rings is 1. The van der Waals surface area contributed by atoms with Crippen LogP contribution in [0.4, 0.5) is 5.69 Å². The van der Waals surface area contributed by atoms with Gasteiger partial charge in [0.25, 0.3) is 0 Å². The van der Waals surface area contributed by atoms with E-state index in [4.69, 9.17) is 5.73 Å². The minimum absolute atomic E-state index is 0.203. The van der Waals surface area contributed by atoms with Crippen molar-refractivity contribution in [3.63, 3.8) is 0 Å². The van der Waals surface area contributed by atoms with E-state index in [1.54, 1.807) is 11.8 Å². The molecule has 2 rings (SSSR count). The Bertz CT molecular complexity index is 430. The van der Waals surface area contributed by atoms with Crippen molar-refractivity contribution in [3.8, 4) is 0 Å². The molecule has 4 nitrogen and oxygen atoms in total. The minimum atomic E-state index is -1.05. The Morgan fingerprint density at radius 3 is 2.50 bits per heavy atom. The highest BCUT2D eigenvalue weighted by atomic mass is 16.2. The summed E-state index contributed by atoms with van der Waals surface area (Å²) in [7, 11) is 0. The number of nitrogens with two attached hydrogens (primary N) is 1. The molecule has 0 bridgehead atoms. The van der Waals surface area contributed by atoms with E-state index in [1.165, 1.54) is 0 Å². The minimum Gasteiger partial charge on any atom is -0.369 e. The molecule has 2 N–H and O–H groups in total. The van der Waals surface area contributed by atoms with Crippen LogP contribution in [0, 0.1) is 5.41 Å². The van der Waals surface area contributed by atoms with Gasteiger partial charge in [-0.25, -0.2) is 0 Å². The van der Waals surface area contributed by atoms with E-state index in [2.05, 4.69) is 0 Å². The van der Waals surface area contributed by atoms with Crippen molar-refractivity contribution in [2.45, 2.75) is 13.3 Å². The number of hydrogen-bond acceptors (Lipinski definition) is 2. The van der Waals surface area contributed by atoms with E-state index in [1.807, 2.05) is 30.3 Å². The summed E-state index contributed by atoms with van der Waals surface area (Å²) in [5, 5.41) is 0. The van der Waals surface area contributed by atoms with Gasteiger partial charge >= 0.3 is 0 Å². The number of hydrogen-bond donors (Lipinski definition) is 1. The molecule has 1 aromatic rings. The summed E-state index contributed by atoms with van der Waals surface area (Å²) in [5.41, 5.74) is 5.05. The van der Waals surface area contributed by atoms with Crippen LogP contribution in [-0.4, -0.2) is 18.4 Å². The van der Waals surface area contributed by atoms with Crippen molar-refractivity contribution in [2.24, 2.45) is 11.1 Å². The van der Waals surface area contributed by atoms with Gasteiger partial charge in [-0.2, -0.15) is 0 Å². The van der Waals surface area contributed by atoms with Crippen molar-refractivity contribution >= 4 is 17.5 Å². The van der Waals surface area contributed by atoms with Gasteiger partial charge < -0.3 is 10.6 Å². The Labute approximate surface area is 94.0 Å². The molecule has 0 saturated carbocycles. The van der Waals surface area contributed by atoms with E-state index in [9.17, 15) is 9.59 Å². The lowest BCUT2D eigenvalue weighted by Gasteiger charge is -2.20. The summed E-state index contributed by atoms with van der Waals surface area (Å²) < 4.78 is 0. The summed E-state index contributed by atoms with van der Waals surface area (Å²) in [4.78, 5) is 25.0. The number of carbonyl (C=O) groups excluding carboxylic acids is 2. The molecule has 1 fully saturated rings. The van der Waals surface area contributed by atoms with E-state index < -0.39 is 11.3 Å². The first kappa shape index (κ1) is 10.7. The van der Waals surface area contributed by atoms with Crippen LogP contribution in [0.25, 0.3) is 0 Å². The molecule has 0 aromatic heterocycles. The smallest absolute Gasteiger partial charge is 0.242 e. The summed E-state index contributed by atoms with van der Waals surface area (Å²) in [6.07, 6.45) is 0.482. The molecule has 1 saturated heterocycles. The van der Waals surface area contributed by atoms with Crippen LogP contribution in [0.2, 0.25) is 0 Å². The van der Waals surface area contributed by atoms with E-state index in [-0.39, 0.29) is 5.91 Å². The van der Waals surface area contributed by atoms with Gasteiger partial charge in [0.05, 0.1) is 0 Å². The van der Waals surface area contributed by atoms with Crippen LogP contribution < -0.4 is 10.6 Å². The summed E-state index contributed by atoms with van der Waals surface area (Å²) in [6.45, 7) is 2.16. The standard InChI is InChI=1S/C12H14N2O2/c1-12(10(13)15)7-8-14(11(12)16)9-5-3-2-4-6-9/h2-6H,7-8H2,1H3,(H2,13,15). The first-order valence-corrected chi connectivity index (χ1v) is 5.22. The van der Waals surface area contributed by atoms with Crippen LogP contribution in [0.15, 0.2) is 30.3 Å². The van der Waals surface area contributed by atoms with Gasteiger partial charge in [0.1, 0.15) is 5.41 Å². The lowest BCUT2D eigenvalue weighted by atomic mass is 9.88. The molecule has 4 heteroatoms. The number of rotatable bonds is 2. The van der Waals surface area contributed by atoms with Crippen LogP contribution in [0.5, 0.6) is 0 Å². The number of amides is 2. The SMILES string of the molecule is CC1(C(N)=O)CCN(c2ccccc2)C1=O. The number of primary amides is 1. The molecule has 1 aromatic carbocycles. The first-order valence-electron chi connectivity index (χ1n) is 5.22. The van der Waals surface area contributed by atoms with Gasteiger partial charge in [0, 0.05) is 12.2 Å². The summed E-state index contributed by atoms with van der Waals surface area (Å²) in [6, 6.07) is 9.32. The second kappa shape index (κ2) is 3.63. The number of para-hydroxylation sites is 1. The fourth-order valence-electron chi connectivity index (χ4n) is 1.92. The summed E-state index contributed by atoms with van der Waals surface area (Å²) >= 11 is 0. The highest BCUT2D eigenvalue weighted by Gasteiger charge is 2.47. The van der Waals surface area contributed by atoms with Gasteiger partial charge in [0.15, 0.2) is 0 Å². The number of nitrogens with zero attached hydrogens (tertiary/aromatic N) is 1. The quantitative estimate of drug-likeness (QED) is 0.750. The average molecular weight is 218 g/mol. The van der Waals surface area contributed by atoms with Crippen molar-refractivity contribution in [1.29, 1.82) is 0 Å². The molecular weight excluding hydrogens is 204 g/mol. The first-order chi connectivity index (χ1) is 7.55. The molecular formula is C12H14N2O2. The maximum absolute atomic E-state index is 12.1. The van der Waals surface area contributed by atoms with Crippen LogP contribution in [0.1, 0.15) is 13.3 Å². The molecule has 0 radical (unpaired) electrons. The third-order valence-electron chi connectivity index (χ3n) is 3.16. The second-order valence-corrected chi connectivity index (χ2v) is 4.24. The maximum Gasteiger partial charge on any atom is 0.242 e. The Balaban J connectivity index is 2.30. The second-order valence-electron chi connectivity index (χ2n) is 4.24. The zero-order chi connectivity index (χ0) is 11.8. The highest BCUT2D eigenvalue weighted by molar-refractivity contribution is 6.12. The molecule has 0 aliphatic carbocycles. The number of anilines is 1. The molecule has 2 amide bonds. The third-order valence-corrected chi connectivity index (χ3v) is 3.16. The molecule has 0 spiro atoms. The molecule has 16 heavy (non-hydrogen) atoms. The predicted molar refractivity (Wildman–Crippen MR) is 60.7 cm³/mol. The lowest BCUT2D eigenvalue weighted by Crippen LogP contribution is -2.42. The molecule has 1 unspecified atom stereocenters. The van der Waals surface area contributed by atoms with Gasteiger partial charge in [0.2, 0.25) is 11.8 Å². The van der Waals surface area contributed by atoms with Crippen molar-refractivity contribution in [2.75, 3.05) is 11.4 Å². The zero-order valence-electron chi connectivity index (χ0n) is 9.14. The zero-order valence-corrected chi connectivity index (χ0v) is 9.14. The third kappa shape index (κ3) is 1.46. The van der Waals surface area contributed by atoms with Crippen molar-refractivity contribution in [1.82, 2.24) is 0 Å². The average Bonchev–Trinajstić information content (AvgIpc) is 2.59. The maximum atomic E-state index is 12.1. The van der Waals surface area contributed by atoms with E-state index in [0.29, 0.717) is 13.0 Å². The molecule has 1 aliphatic heterocycles. The highest BCUT2D eigenvalue weighted by Crippen LogP contribution is 2.34. The number of carbonyl (C=O) groups is 2. The monoisotopic (exact) mass is 218 g/mol. The largest absolute Gasteiger partial charge is 0.369 e.